The van der Waals surface area contributed by atoms with Crippen LogP contribution in [0.25, 0.3) is 22.8 Å². The van der Waals surface area contributed by atoms with Crippen molar-refractivity contribution in [2.24, 2.45) is 0 Å². The largest absolute Gasteiger partial charge is 0.225 e. The summed E-state index contributed by atoms with van der Waals surface area (Å²) in [6, 6.07) is 0. The molecule has 0 saturated heterocycles. The molecule has 0 bridgehead atoms. The summed E-state index contributed by atoms with van der Waals surface area (Å²) in [6.07, 6.45) is 3.77. The Labute approximate surface area is 120 Å². The summed E-state index contributed by atoms with van der Waals surface area (Å²) < 4.78 is 56.5. The Balaban J connectivity index is 2.31. The Morgan fingerprint density at radius 3 is 1.05 bits per heavy atom. The fraction of sp³-hybridized carbons (Fsp3) is 0. The fourth-order valence-electron chi connectivity index (χ4n) is 1.76. The topological polar surface area (TPSA) is 77.3 Å². The van der Waals surface area contributed by atoms with E-state index < -0.39 is 46.0 Å². The SMILES string of the molecule is Fc1c(F)c(-c2ncncn2)c(F)c(F)c1-c1ncncn1. The van der Waals surface area contributed by atoms with Crippen LogP contribution in [0.2, 0.25) is 0 Å². The molecule has 0 fully saturated rings. The Bertz CT molecular complexity index is 729. The van der Waals surface area contributed by atoms with Gasteiger partial charge in [0.05, 0.1) is 11.1 Å². The van der Waals surface area contributed by atoms with E-state index in [1.165, 1.54) is 0 Å². The first kappa shape index (κ1) is 13.9. The van der Waals surface area contributed by atoms with Crippen molar-refractivity contribution < 1.29 is 17.6 Å². The van der Waals surface area contributed by atoms with Crippen LogP contribution in [0.3, 0.4) is 0 Å². The van der Waals surface area contributed by atoms with Crippen molar-refractivity contribution in [1.82, 2.24) is 29.9 Å². The second-order valence-electron chi connectivity index (χ2n) is 3.93. The van der Waals surface area contributed by atoms with Crippen LogP contribution in [0, 0.1) is 23.3 Å². The van der Waals surface area contributed by atoms with E-state index in [4.69, 9.17) is 0 Å². The molecule has 0 radical (unpaired) electrons. The van der Waals surface area contributed by atoms with E-state index in [0.29, 0.717) is 0 Å². The van der Waals surface area contributed by atoms with Crippen molar-refractivity contribution in [3.05, 3.63) is 48.6 Å². The Kier molecular flexibility index (Phi) is 3.41. The van der Waals surface area contributed by atoms with E-state index in [-0.39, 0.29) is 0 Å². The van der Waals surface area contributed by atoms with E-state index in [2.05, 4.69) is 29.9 Å². The van der Waals surface area contributed by atoms with Crippen molar-refractivity contribution in [1.29, 1.82) is 0 Å². The highest BCUT2D eigenvalue weighted by Crippen LogP contribution is 2.33. The van der Waals surface area contributed by atoms with Gasteiger partial charge in [-0.3, -0.25) is 0 Å². The van der Waals surface area contributed by atoms with Crippen LogP contribution < -0.4 is 0 Å². The van der Waals surface area contributed by atoms with Crippen LogP contribution in [0.5, 0.6) is 0 Å². The molecule has 2 heterocycles. The van der Waals surface area contributed by atoms with Crippen molar-refractivity contribution >= 4 is 0 Å². The van der Waals surface area contributed by atoms with Gasteiger partial charge in [0.2, 0.25) is 0 Å². The number of rotatable bonds is 2. The minimum Gasteiger partial charge on any atom is -0.225 e. The van der Waals surface area contributed by atoms with Crippen molar-refractivity contribution in [2.75, 3.05) is 0 Å². The summed E-state index contributed by atoms with van der Waals surface area (Å²) in [5, 5.41) is 0. The average Bonchev–Trinajstić information content (AvgIpc) is 2.55. The highest BCUT2D eigenvalue weighted by atomic mass is 19.2. The Morgan fingerprint density at radius 2 is 0.773 bits per heavy atom. The molecule has 110 valence electrons. The van der Waals surface area contributed by atoms with Crippen LogP contribution in [0.1, 0.15) is 0 Å². The molecule has 0 amide bonds. The molecule has 0 aliphatic rings. The molecule has 0 saturated carbocycles. The number of aromatic nitrogens is 6. The maximum absolute atomic E-state index is 14.1. The maximum atomic E-state index is 14.1. The lowest BCUT2D eigenvalue weighted by Crippen LogP contribution is -2.07. The zero-order valence-corrected chi connectivity index (χ0v) is 10.5. The summed E-state index contributed by atoms with van der Waals surface area (Å²) in [7, 11) is 0. The van der Waals surface area contributed by atoms with E-state index in [0.717, 1.165) is 25.3 Å². The second kappa shape index (κ2) is 5.39. The molecule has 3 rings (SSSR count). The van der Waals surface area contributed by atoms with Crippen LogP contribution in [0.4, 0.5) is 17.6 Å². The second-order valence-corrected chi connectivity index (χ2v) is 3.93. The molecule has 3 aromatic rings. The first-order valence-electron chi connectivity index (χ1n) is 5.72. The van der Waals surface area contributed by atoms with Gasteiger partial charge >= 0.3 is 0 Å². The van der Waals surface area contributed by atoms with Gasteiger partial charge in [-0.1, -0.05) is 0 Å². The molecule has 10 heteroatoms. The van der Waals surface area contributed by atoms with Gasteiger partial charge in [-0.05, 0) is 0 Å². The maximum Gasteiger partial charge on any atom is 0.173 e. The average molecular weight is 308 g/mol. The number of nitrogens with zero attached hydrogens (tertiary/aromatic N) is 6. The van der Waals surface area contributed by atoms with E-state index in [1.807, 2.05) is 0 Å². The molecule has 0 aliphatic heterocycles. The summed E-state index contributed by atoms with van der Waals surface area (Å²) in [6.45, 7) is 0. The normalized spacial score (nSPS) is 10.7. The lowest BCUT2D eigenvalue weighted by Gasteiger charge is -2.09. The van der Waals surface area contributed by atoms with E-state index in [1.54, 1.807) is 0 Å². The van der Waals surface area contributed by atoms with Gasteiger partial charge in [0.1, 0.15) is 25.3 Å². The zero-order chi connectivity index (χ0) is 15.7. The molecule has 1 aromatic carbocycles. The minimum atomic E-state index is -1.65. The highest BCUT2D eigenvalue weighted by molar-refractivity contribution is 5.66. The predicted octanol–water partition coefficient (Wildman–Crippen LogP) is 1.95. The van der Waals surface area contributed by atoms with Crippen molar-refractivity contribution in [3.63, 3.8) is 0 Å². The quantitative estimate of drug-likeness (QED) is 0.532. The van der Waals surface area contributed by atoms with Gasteiger partial charge in [0, 0.05) is 0 Å². The smallest absolute Gasteiger partial charge is 0.173 e. The van der Waals surface area contributed by atoms with Gasteiger partial charge in [-0.25, -0.2) is 47.5 Å². The third-order valence-electron chi connectivity index (χ3n) is 2.70. The molecular formula is C12H4F4N6. The van der Waals surface area contributed by atoms with Crippen LogP contribution >= 0.6 is 0 Å². The van der Waals surface area contributed by atoms with Gasteiger partial charge in [-0.2, -0.15) is 0 Å². The zero-order valence-electron chi connectivity index (χ0n) is 10.5. The number of benzene rings is 1. The lowest BCUT2D eigenvalue weighted by atomic mass is 10.1. The van der Waals surface area contributed by atoms with Gasteiger partial charge in [-0.15, -0.1) is 0 Å². The standard InChI is InChI=1S/C12H4F4N6/c13-7-5(11-19-1-17-2-20-11)8(14)10(16)6(9(7)15)12-21-3-18-4-22-12/h1-4H. The number of hydrogen-bond acceptors (Lipinski definition) is 6. The molecule has 0 aliphatic carbocycles. The predicted molar refractivity (Wildman–Crippen MR) is 63.9 cm³/mol. The summed E-state index contributed by atoms with van der Waals surface area (Å²) in [5.74, 6) is -7.68. The van der Waals surface area contributed by atoms with Crippen molar-refractivity contribution in [2.45, 2.75) is 0 Å². The lowest BCUT2D eigenvalue weighted by molar-refractivity contribution is 0.460. The summed E-state index contributed by atoms with van der Waals surface area (Å²) >= 11 is 0. The van der Waals surface area contributed by atoms with E-state index >= 15 is 0 Å². The van der Waals surface area contributed by atoms with Crippen LogP contribution in [-0.4, -0.2) is 29.9 Å². The Hall–Kier alpha value is -3.04. The van der Waals surface area contributed by atoms with Gasteiger partial charge in [0.25, 0.3) is 0 Å². The van der Waals surface area contributed by atoms with Crippen LogP contribution in [-0.2, 0) is 0 Å². The highest BCUT2D eigenvalue weighted by Gasteiger charge is 2.29. The minimum absolute atomic E-state index is 0.537. The summed E-state index contributed by atoms with van der Waals surface area (Å²) in [4.78, 5) is 20.8. The van der Waals surface area contributed by atoms with E-state index in [9.17, 15) is 17.6 Å². The number of hydrogen-bond donors (Lipinski definition) is 0. The molecule has 6 nitrogen and oxygen atoms in total. The molecule has 0 unspecified atom stereocenters. The first-order valence-corrected chi connectivity index (χ1v) is 5.72. The monoisotopic (exact) mass is 308 g/mol. The summed E-state index contributed by atoms with van der Waals surface area (Å²) in [5.41, 5.74) is -2.06. The first-order chi connectivity index (χ1) is 10.6. The van der Waals surface area contributed by atoms with Crippen molar-refractivity contribution in [3.8, 4) is 22.8 Å². The molecule has 2 aromatic heterocycles. The molecule has 0 N–H and O–H groups in total. The van der Waals surface area contributed by atoms with Crippen LogP contribution in [0.15, 0.2) is 25.3 Å². The molecule has 0 atom stereocenters. The third kappa shape index (κ3) is 2.14. The Morgan fingerprint density at radius 1 is 0.500 bits per heavy atom. The number of halogens is 4. The van der Waals surface area contributed by atoms with Gasteiger partial charge < -0.3 is 0 Å². The fourth-order valence-corrected chi connectivity index (χ4v) is 1.76. The third-order valence-corrected chi connectivity index (χ3v) is 2.70. The molecular weight excluding hydrogens is 304 g/mol. The van der Waals surface area contributed by atoms with Gasteiger partial charge in [0.15, 0.2) is 34.9 Å². The molecule has 0 spiro atoms. The molecule has 22 heavy (non-hydrogen) atoms.